The zero-order chi connectivity index (χ0) is 14.3. The van der Waals surface area contributed by atoms with Gasteiger partial charge in [0.05, 0.1) is 11.8 Å². The summed E-state index contributed by atoms with van der Waals surface area (Å²) in [6, 6.07) is 1.70. The number of hydrogen-bond acceptors (Lipinski definition) is 6. The van der Waals surface area contributed by atoms with E-state index < -0.39 is 0 Å². The Balaban J connectivity index is 3.01. The number of anilines is 1. The van der Waals surface area contributed by atoms with Gasteiger partial charge in [-0.2, -0.15) is 5.10 Å². The number of nitrogens with zero attached hydrogens (tertiary/aromatic N) is 5. The van der Waals surface area contributed by atoms with Crippen molar-refractivity contribution in [3.05, 3.63) is 17.8 Å². The lowest BCUT2D eigenvalue weighted by atomic mass is 10.2. The first-order valence-electron chi connectivity index (χ1n) is 6.29. The second kappa shape index (κ2) is 7.52. The molecular weight excluding hydrogens is 244 g/mol. The van der Waals surface area contributed by atoms with Crippen LogP contribution in [0.4, 0.5) is 5.82 Å². The maximum Gasteiger partial charge on any atom is 0.173 e. The van der Waals surface area contributed by atoms with E-state index in [1.54, 1.807) is 6.07 Å². The van der Waals surface area contributed by atoms with Gasteiger partial charge < -0.3 is 20.7 Å². The molecule has 3 N–H and O–H groups in total. The zero-order valence-electron chi connectivity index (χ0n) is 11.7. The molecule has 0 atom stereocenters. The van der Waals surface area contributed by atoms with Gasteiger partial charge in [0.1, 0.15) is 0 Å². The van der Waals surface area contributed by atoms with Crippen LogP contribution in [0.5, 0.6) is 0 Å². The average Bonchev–Trinajstić information content (AvgIpc) is 2.42. The smallest absolute Gasteiger partial charge is 0.173 e. The van der Waals surface area contributed by atoms with E-state index in [9.17, 15) is 0 Å². The molecule has 0 aromatic carbocycles. The first-order valence-corrected chi connectivity index (χ1v) is 6.29. The van der Waals surface area contributed by atoms with Gasteiger partial charge in [0.2, 0.25) is 0 Å². The number of oxime groups is 1. The zero-order valence-corrected chi connectivity index (χ0v) is 11.7. The molecule has 19 heavy (non-hydrogen) atoms. The topological polar surface area (TPSA) is 90.9 Å². The fraction of sp³-hybridized carbons (Fsp3) is 0.583. The Kier molecular flexibility index (Phi) is 6.01. The van der Waals surface area contributed by atoms with Gasteiger partial charge in [0.25, 0.3) is 0 Å². The van der Waals surface area contributed by atoms with E-state index in [4.69, 9.17) is 10.9 Å². The molecular formula is C12H22N6O. The predicted octanol–water partition coefficient (Wildman–Crippen LogP) is 0.349. The van der Waals surface area contributed by atoms with Gasteiger partial charge in [-0.05, 0) is 26.6 Å². The molecule has 0 amide bonds. The standard InChI is InChI=1S/C12H22N6O/c1-4-7-18(9-8-17(2)3)12-10(11(13)16-19)5-6-14-15-12/h5-6,19H,4,7-9H2,1-3H3,(H2,13,16). The third-order valence-corrected chi connectivity index (χ3v) is 2.70. The summed E-state index contributed by atoms with van der Waals surface area (Å²) < 4.78 is 0. The third-order valence-electron chi connectivity index (χ3n) is 2.70. The van der Waals surface area contributed by atoms with E-state index >= 15 is 0 Å². The van der Waals surface area contributed by atoms with Crippen LogP contribution < -0.4 is 10.6 Å². The molecule has 0 bridgehead atoms. The third kappa shape index (κ3) is 4.36. The minimum atomic E-state index is 0.0517. The number of likely N-dealkylation sites (N-methyl/N-ethyl adjacent to an activating group) is 1. The van der Waals surface area contributed by atoms with Gasteiger partial charge in [-0.1, -0.05) is 12.1 Å². The van der Waals surface area contributed by atoms with E-state index in [0.29, 0.717) is 11.4 Å². The van der Waals surface area contributed by atoms with Crippen LogP contribution in [0.25, 0.3) is 0 Å². The molecule has 1 rings (SSSR count). The fourth-order valence-electron chi connectivity index (χ4n) is 1.73. The van der Waals surface area contributed by atoms with Gasteiger partial charge in [0, 0.05) is 19.6 Å². The molecule has 1 aromatic rings. The monoisotopic (exact) mass is 266 g/mol. The molecule has 0 fully saturated rings. The highest BCUT2D eigenvalue weighted by molar-refractivity contribution is 6.01. The number of amidine groups is 1. The highest BCUT2D eigenvalue weighted by atomic mass is 16.4. The van der Waals surface area contributed by atoms with E-state index in [0.717, 1.165) is 26.1 Å². The molecule has 0 unspecified atom stereocenters. The molecule has 0 aliphatic carbocycles. The second-order valence-electron chi connectivity index (χ2n) is 4.54. The molecule has 7 heteroatoms. The summed E-state index contributed by atoms with van der Waals surface area (Å²) >= 11 is 0. The van der Waals surface area contributed by atoms with Gasteiger partial charge in [-0.15, -0.1) is 5.10 Å². The minimum Gasteiger partial charge on any atom is -0.409 e. The van der Waals surface area contributed by atoms with Crippen molar-refractivity contribution in [1.29, 1.82) is 0 Å². The van der Waals surface area contributed by atoms with Crippen LogP contribution >= 0.6 is 0 Å². The lowest BCUT2D eigenvalue weighted by molar-refractivity contribution is 0.318. The van der Waals surface area contributed by atoms with Gasteiger partial charge in [-0.3, -0.25) is 0 Å². The Morgan fingerprint density at radius 1 is 1.37 bits per heavy atom. The average molecular weight is 266 g/mol. The minimum absolute atomic E-state index is 0.0517. The molecule has 7 nitrogen and oxygen atoms in total. The van der Waals surface area contributed by atoms with E-state index in [2.05, 4.69) is 32.1 Å². The number of aromatic nitrogens is 2. The Hall–Kier alpha value is -1.89. The normalized spacial score (nSPS) is 11.9. The van der Waals surface area contributed by atoms with Crippen molar-refractivity contribution >= 4 is 11.7 Å². The van der Waals surface area contributed by atoms with Crippen LogP contribution in [0, 0.1) is 0 Å². The van der Waals surface area contributed by atoms with E-state index in [1.165, 1.54) is 6.20 Å². The first kappa shape index (κ1) is 15.2. The van der Waals surface area contributed by atoms with Crippen LogP contribution in [-0.4, -0.2) is 59.9 Å². The maximum atomic E-state index is 8.83. The number of nitrogens with two attached hydrogens (primary N) is 1. The molecule has 1 heterocycles. The van der Waals surface area contributed by atoms with Gasteiger partial charge in [0.15, 0.2) is 11.7 Å². The summed E-state index contributed by atoms with van der Waals surface area (Å²) in [6.07, 6.45) is 2.52. The lowest BCUT2D eigenvalue weighted by Gasteiger charge is -2.25. The quantitative estimate of drug-likeness (QED) is 0.320. The van der Waals surface area contributed by atoms with Crippen molar-refractivity contribution in [2.45, 2.75) is 13.3 Å². The summed E-state index contributed by atoms with van der Waals surface area (Å²) in [5, 5.41) is 19.9. The largest absolute Gasteiger partial charge is 0.409 e. The van der Waals surface area contributed by atoms with Crippen molar-refractivity contribution in [3.8, 4) is 0 Å². The molecule has 0 spiro atoms. The summed E-state index contributed by atoms with van der Waals surface area (Å²) in [6.45, 7) is 4.65. The lowest BCUT2D eigenvalue weighted by Crippen LogP contribution is -2.34. The van der Waals surface area contributed by atoms with Crippen LogP contribution in [0.2, 0.25) is 0 Å². The molecule has 0 saturated carbocycles. The van der Waals surface area contributed by atoms with E-state index in [1.807, 2.05) is 14.1 Å². The predicted molar refractivity (Wildman–Crippen MR) is 75.6 cm³/mol. The van der Waals surface area contributed by atoms with Crippen molar-refractivity contribution in [1.82, 2.24) is 15.1 Å². The molecule has 0 radical (unpaired) electrons. The summed E-state index contributed by atoms with van der Waals surface area (Å²) in [5.41, 5.74) is 6.28. The molecule has 0 saturated heterocycles. The maximum absolute atomic E-state index is 8.83. The first-order chi connectivity index (χ1) is 9.10. The van der Waals surface area contributed by atoms with Gasteiger partial charge >= 0.3 is 0 Å². The number of rotatable bonds is 7. The van der Waals surface area contributed by atoms with Crippen LogP contribution in [0.3, 0.4) is 0 Å². The van der Waals surface area contributed by atoms with E-state index in [-0.39, 0.29) is 5.84 Å². The number of hydrogen-bond donors (Lipinski definition) is 2. The molecule has 1 aromatic heterocycles. The van der Waals surface area contributed by atoms with Crippen LogP contribution in [0.1, 0.15) is 18.9 Å². The van der Waals surface area contributed by atoms with Crippen LogP contribution in [0.15, 0.2) is 17.4 Å². The van der Waals surface area contributed by atoms with Gasteiger partial charge in [-0.25, -0.2) is 0 Å². The molecule has 0 aliphatic heterocycles. The Labute approximate surface area is 113 Å². The van der Waals surface area contributed by atoms with Crippen molar-refractivity contribution in [2.75, 3.05) is 38.6 Å². The summed E-state index contributed by atoms with van der Waals surface area (Å²) in [7, 11) is 4.04. The summed E-state index contributed by atoms with van der Waals surface area (Å²) in [5.74, 6) is 0.706. The van der Waals surface area contributed by atoms with Crippen molar-refractivity contribution in [3.63, 3.8) is 0 Å². The molecule has 0 aliphatic rings. The SMILES string of the molecule is CCCN(CCN(C)C)c1nnccc1/C(N)=N/O. The second-order valence-corrected chi connectivity index (χ2v) is 4.54. The van der Waals surface area contributed by atoms with Crippen molar-refractivity contribution in [2.24, 2.45) is 10.9 Å². The fourth-order valence-corrected chi connectivity index (χ4v) is 1.73. The Bertz CT molecular complexity index is 420. The highest BCUT2D eigenvalue weighted by Gasteiger charge is 2.15. The Morgan fingerprint density at radius 3 is 2.68 bits per heavy atom. The summed E-state index contributed by atoms with van der Waals surface area (Å²) in [4.78, 5) is 4.20. The molecule has 106 valence electrons. The highest BCUT2D eigenvalue weighted by Crippen LogP contribution is 2.16. The Morgan fingerprint density at radius 2 is 2.11 bits per heavy atom. The van der Waals surface area contributed by atoms with Crippen LogP contribution in [-0.2, 0) is 0 Å². The van der Waals surface area contributed by atoms with Crippen molar-refractivity contribution < 1.29 is 5.21 Å².